The monoisotopic (exact) mass is 479 g/mol. The quantitative estimate of drug-likeness (QED) is 0.364. The maximum absolute atomic E-state index is 13.3. The lowest BCUT2D eigenvalue weighted by molar-refractivity contribution is 0.353. The van der Waals surface area contributed by atoms with Gasteiger partial charge in [0.05, 0.1) is 28.8 Å². The first-order valence-electron chi connectivity index (χ1n) is 11.4. The maximum Gasteiger partial charge on any atom is 0.345 e. The first-order valence-corrected chi connectivity index (χ1v) is 11.4. The standard InChI is InChI=1S/C13H14FN3O.C12H9FN2O2/c14-9-6-11-13(15-7-9)16-8-12(18)17(11)10-4-2-1-3-5-10;13-6-1-2-10-8(3-6)11-9(12(16)17-10)4-7(5-14)15-11/h6-8,10H,1-5H2;1-4,15H,5,14H2. The van der Waals surface area contributed by atoms with Gasteiger partial charge in [-0.25, -0.2) is 23.5 Å². The number of benzene rings is 1. The van der Waals surface area contributed by atoms with E-state index in [1.165, 1.54) is 36.9 Å². The van der Waals surface area contributed by atoms with Gasteiger partial charge in [0.15, 0.2) is 5.65 Å². The lowest BCUT2D eigenvalue weighted by atomic mass is 9.95. The van der Waals surface area contributed by atoms with Crippen molar-refractivity contribution in [3.63, 3.8) is 0 Å². The number of rotatable bonds is 2. The molecule has 0 amide bonds. The number of pyridine rings is 1. The van der Waals surface area contributed by atoms with Gasteiger partial charge in [-0.05, 0) is 37.1 Å². The average Bonchev–Trinajstić information content (AvgIpc) is 3.31. The Hall–Kier alpha value is -3.92. The summed E-state index contributed by atoms with van der Waals surface area (Å²) in [5.41, 5.74) is 7.46. The smallest absolute Gasteiger partial charge is 0.345 e. The number of aromatic nitrogens is 4. The molecule has 0 radical (unpaired) electrons. The molecule has 0 aliphatic heterocycles. The fraction of sp³-hybridized carbons (Fsp3) is 0.280. The highest BCUT2D eigenvalue weighted by atomic mass is 19.1. The van der Waals surface area contributed by atoms with Crippen LogP contribution < -0.4 is 16.9 Å². The maximum atomic E-state index is 13.3. The zero-order chi connectivity index (χ0) is 24.5. The molecule has 0 saturated heterocycles. The van der Waals surface area contributed by atoms with Crippen LogP contribution in [0.4, 0.5) is 8.78 Å². The summed E-state index contributed by atoms with van der Waals surface area (Å²) in [6.07, 6.45) is 7.78. The summed E-state index contributed by atoms with van der Waals surface area (Å²) in [4.78, 5) is 34.6. The van der Waals surface area contributed by atoms with Gasteiger partial charge in [-0.1, -0.05) is 19.3 Å². The molecular formula is C25H23F2N5O3. The number of nitrogens with zero attached hydrogens (tertiary/aromatic N) is 3. The van der Waals surface area contributed by atoms with Crippen LogP contribution in [0.25, 0.3) is 33.0 Å². The van der Waals surface area contributed by atoms with Gasteiger partial charge in [0.25, 0.3) is 5.56 Å². The van der Waals surface area contributed by atoms with Crippen molar-refractivity contribution < 1.29 is 13.2 Å². The Bertz CT molecular complexity index is 1650. The second-order valence-corrected chi connectivity index (χ2v) is 8.57. The lowest BCUT2D eigenvalue weighted by Gasteiger charge is -2.24. The third-order valence-corrected chi connectivity index (χ3v) is 6.27. The van der Waals surface area contributed by atoms with Crippen LogP contribution in [0, 0.1) is 11.6 Å². The molecule has 180 valence electrons. The molecule has 1 aromatic carbocycles. The van der Waals surface area contributed by atoms with E-state index in [0.29, 0.717) is 38.7 Å². The number of H-pyrrole nitrogens is 1. The number of fused-ring (bicyclic) bond motifs is 4. The number of hydrogen-bond donors (Lipinski definition) is 2. The Morgan fingerprint density at radius 1 is 1.00 bits per heavy atom. The van der Waals surface area contributed by atoms with Crippen LogP contribution in [-0.4, -0.2) is 19.5 Å². The van der Waals surface area contributed by atoms with Gasteiger partial charge in [0.2, 0.25) is 0 Å². The van der Waals surface area contributed by atoms with Crippen LogP contribution in [-0.2, 0) is 6.54 Å². The van der Waals surface area contributed by atoms with Crippen molar-refractivity contribution in [3.8, 4) is 0 Å². The first-order chi connectivity index (χ1) is 16.9. The molecule has 35 heavy (non-hydrogen) atoms. The van der Waals surface area contributed by atoms with Crippen LogP contribution in [0.5, 0.6) is 0 Å². The zero-order valence-electron chi connectivity index (χ0n) is 18.8. The van der Waals surface area contributed by atoms with Gasteiger partial charge in [0, 0.05) is 29.7 Å². The predicted molar refractivity (Wildman–Crippen MR) is 128 cm³/mol. The highest BCUT2D eigenvalue weighted by molar-refractivity contribution is 6.02. The number of nitrogens with one attached hydrogen (secondary N) is 1. The van der Waals surface area contributed by atoms with E-state index in [-0.39, 0.29) is 24.0 Å². The molecule has 1 fully saturated rings. The molecule has 8 nitrogen and oxygen atoms in total. The number of nitrogens with two attached hydrogens (primary N) is 1. The first kappa shape index (κ1) is 22.9. The summed E-state index contributed by atoms with van der Waals surface area (Å²) in [5, 5.41) is 0.933. The molecule has 0 bridgehead atoms. The largest absolute Gasteiger partial charge is 0.422 e. The molecular weight excluding hydrogens is 456 g/mol. The van der Waals surface area contributed by atoms with Crippen molar-refractivity contribution in [1.82, 2.24) is 19.5 Å². The second-order valence-electron chi connectivity index (χ2n) is 8.57. The van der Waals surface area contributed by atoms with E-state index >= 15 is 0 Å². The van der Waals surface area contributed by atoms with E-state index in [9.17, 15) is 18.4 Å². The Kier molecular flexibility index (Phi) is 6.12. The minimum absolute atomic E-state index is 0.153. The van der Waals surface area contributed by atoms with Crippen molar-refractivity contribution >= 4 is 33.0 Å². The SMILES string of the molecule is NCc1cc2c(=O)oc3ccc(F)cc3c2[nH]1.O=c1cnc2ncc(F)cc2n1C1CCCCC1. The minimum atomic E-state index is -0.449. The summed E-state index contributed by atoms with van der Waals surface area (Å²) in [6, 6.07) is 7.16. The highest BCUT2D eigenvalue weighted by Crippen LogP contribution is 2.29. The normalized spacial score (nSPS) is 14.4. The Labute approximate surface area is 197 Å². The van der Waals surface area contributed by atoms with Crippen molar-refractivity contribution in [2.24, 2.45) is 5.73 Å². The third-order valence-electron chi connectivity index (χ3n) is 6.27. The molecule has 1 aliphatic rings. The van der Waals surface area contributed by atoms with E-state index in [0.717, 1.165) is 31.9 Å². The number of hydrogen-bond acceptors (Lipinski definition) is 6. The summed E-state index contributed by atoms with van der Waals surface area (Å²) < 4.78 is 33.3. The molecule has 3 N–H and O–H groups in total. The second kappa shape index (κ2) is 9.38. The van der Waals surface area contributed by atoms with Crippen molar-refractivity contribution in [2.75, 3.05) is 0 Å². The zero-order valence-corrected chi connectivity index (χ0v) is 18.8. The lowest BCUT2D eigenvalue weighted by Crippen LogP contribution is -2.27. The fourth-order valence-electron chi connectivity index (χ4n) is 4.65. The van der Waals surface area contributed by atoms with E-state index in [1.54, 1.807) is 10.6 Å². The molecule has 0 unspecified atom stereocenters. The summed E-state index contributed by atoms with van der Waals surface area (Å²) in [7, 11) is 0. The minimum Gasteiger partial charge on any atom is -0.422 e. The predicted octanol–water partition coefficient (Wildman–Crippen LogP) is 4.31. The van der Waals surface area contributed by atoms with E-state index in [2.05, 4.69) is 15.0 Å². The van der Waals surface area contributed by atoms with Crippen molar-refractivity contribution in [2.45, 2.75) is 44.7 Å². The van der Waals surface area contributed by atoms with Gasteiger partial charge in [-0.2, -0.15) is 0 Å². The van der Waals surface area contributed by atoms with Crippen molar-refractivity contribution in [3.05, 3.63) is 80.8 Å². The van der Waals surface area contributed by atoms with Gasteiger partial charge in [-0.3, -0.25) is 4.79 Å². The highest BCUT2D eigenvalue weighted by Gasteiger charge is 2.19. The molecule has 1 saturated carbocycles. The molecule has 4 aromatic heterocycles. The third kappa shape index (κ3) is 4.44. The van der Waals surface area contributed by atoms with Crippen LogP contribution in [0.3, 0.4) is 0 Å². The molecule has 4 heterocycles. The van der Waals surface area contributed by atoms with E-state index in [1.807, 2.05) is 0 Å². The van der Waals surface area contributed by atoms with Gasteiger partial charge in [0.1, 0.15) is 17.2 Å². The molecule has 10 heteroatoms. The Morgan fingerprint density at radius 3 is 2.54 bits per heavy atom. The summed E-state index contributed by atoms with van der Waals surface area (Å²) >= 11 is 0. The summed E-state index contributed by atoms with van der Waals surface area (Å²) in [5.74, 6) is -0.809. The molecule has 0 atom stereocenters. The van der Waals surface area contributed by atoms with Gasteiger partial charge < -0.3 is 19.7 Å². The molecule has 0 spiro atoms. The van der Waals surface area contributed by atoms with E-state index in [4.69, 9.17) is 10.2 Å². The van der Waals surface area contributed by atoms with Crippen LogP contribution in [0.1, 0.15) is 43.8 Å². The average molecular weight is 479 g/mol. The Morgan fingerprint density at radius 2 is 1.77 bits per heavy atom. The fourth-order valence-corrected chi connectivity index (χ4v) is 4.65. The number of aromatic amines is 1. The molecule has 5 aromatic rings. The topological polar surface area (TPSA) is 120 Å². The molecule has 6 rings (SSSR count). The van der Waals surface area contributed by atoms with Crippen LogP contribution in [0.2, 0.25) is 0 Å². The van der Waals surface area contributed by atoms with E-state index < -0.39 is 11.4 Å². The van der Waals surface area contributed by atoms with Gasteiger partial charge in [-0.15, -0.1) is 0 Å². The number of halogens is 2. The Balaban J connectivity index is 0.000000145. The van der Waals surface area contributed by atoms with Crippen LogP contribution >= 0.6 is 0 Å². The van der Waals surface area contributed by atoms with Crippen LogP contribution in [0.15, 0.2) is 56.7 Å². The van der Waals surface area contributed by atoms with Crippen molar-refractivity contribution in [1.29, 1.82) is 0 Å². The molecule has 1 aliphatic carbocycles. The van der Waals surface area contributed by atoms with Gasteiger partial charge >= 0.3 is 5.63 Å². The summed E-state index contributed by atoms with van der Waals surface area (Å²) in [6.45, 7) is 0.283.